The van der Waals surface area contributed by atoms with E-state index >= 15 is 0 Å². The number of unbranched alkanes of at least 4 members (excludes halogenated alkanes) is 9. The summed E-state index contributed by atoms with van der Waals surface area (Å²) >= 11 is 0. The average molecular weight is 817 g/mol. The molecule has 0 aromatic heterocycles. The van der Waals surface area contributed by atoms with E-state index in [-0.39, 0.29) is 0 Å². The molecule has 0 saturated heterocycles. The van der Waals surface area contributed by atoms with E-state index in [1.54, 1.807) is 15.5 Å². The fraction of sp³-hybridized carbons (Fsp3) is 0.375. The average Bonchev–Trinajstić information content (AvgIpc) is 4.10. The van der Waals surface area contributed by atoms with E-state index < -0.39 is 0 Å². The number of hydrogen-bond donors (Lipinski definition) is 3. The molecule has 4 aromatic carbocycles. The summed E-state index contributed by atoms with van der Waals surface area (Å²) in [5, 5.41) is 4.90. The van der Waals surface area contributed by atoms with Crippen molar-refractivity contribution in [3.63, 3.8) is 0 Å². The molecule has 3 heterocycles. The molecule has 0 amide bonds. The Morgan fingerprint density at radius 3 is 0.933 bits per heavy atom. The Balaban J connectivity index is 1.03. The lowest BCUT2D eigenvalue weighted by Gasteiger charge is -2.20. The SMILES string of the molecule is CCCCCCOc1ccc(N2NC=C(c3cc(C4=CNN(c5ccc(OCCCCCC)cc5)O4)cc(C4=CNN(c5ccc(OCCCCCC)cc5)O4)c3)O2)cc1. The van der Waals surface area contributed by atoms with Crippen molar-refractivity contribution in [2.24, 2.45) is 0 Å². The van der Waals surface area contributed by atoms with Crippen molar-refractivity contribution in [1.82, 2.24) is 16.3 Å². The molecule has 0 bridgehead atoms. The molecule has 12 nitrogen and oxygen atoms in total. The maximum Gasteiger partial charge on any atom is 0.182 e. The fourth-order valence-electron chi connectivity index (χ4n) is 6.84. The third-order valence-electron chi connectivity index (χ3n) is 10.3. The van der Waals surface area contributed by atoms with Crippen LogP contribution in [0.2, 0.25) is 0 Å². The minimum absolute atomic E-state index is 0.622. The summed E-state index contributed by atoms with van der Waals surface area (Å²) < 4.78 is 17.9. The lowest BCUT2D eigenvalue weighted by molar-refractivity contribution is 0.241. The molecule has 3 N–H and O–H groups in total. The summed E-state index contributed by atoms with van der Waals surface area (Å²) in [6.45, 7) is 8.77. The summed E-state index contributed by atoms with van der Waals surface area (Å²) in [7, 11) is 0. The van der Waals surface area contributed by atoms with E-state index in [2.05, 4.69) is 37.0 Å². The van der Waals surface area contributed by atoms with Gasteiger partial charge in [-0.1, -0.05) is 78.6 Å². The fourth-order valence-corrected chi connectivity index (χ4v) is 6.84. The highest BCUT2D eigenvalue weighted by molar-refractivity contribution is 5.76. The van der Waals surface area contributed by atoms with Crippen LogP contribution < -0.4 is 46.0 Å². The number of nitrogens with zero attached hydrogens (tertiary/aromatic N) is 3. The van der Waals surface area contributed by atoms with Crippen molar-refractivity contribution in [3.05, 3.63) is 126 Å². The van der Waals surface area contributed by atoms with Gasteiger partial charge in [-0.3, -0.25) is 16.3 Å². The molecule has 3 aliphatic rings. The zero-order valence-corrected chi connectivity index (χ0v) is 35.3. The van der Waals surface area contributed by atoms with Crippen LogP contribution in [0.15, 0.2) is 110 Å². The molecule has 0 unspecified atom stereocenters. The van der Waals surface area contributed by atoms with Crippen molar-refractivity contribution in [3.8, 4) is 17.2 Å². The van der Waals surface area contributed by atoms with Gasteiger partial charge in [0, 0.05) is 16.7 Å². The van der Waals surface area contributed by atoms with Gasteiger partial charge in [-0.25, -0.2) is 0 Å². The number of anilines is 3. The summed E-state index contributed by atoms with van der Waals surface area (Å²) in [4.78, 5) is 19.1. The van der Waals surface area contributed by atoms with Crippen molar-refractivity contribution in [2.45, 2.75) is 97.8 Å². The summed E-state index contributed by atoms with van der Waals surface area (Å²) in [6, 6.07) is 29.7. The lowest BCUT2D eigenvalue weighted by atomic mass is 10.0. The van der Waals surface area contributed by atoms with Crippen molar-refractivity contribution < 1.29 is 28.7 Å². The van der Waals surface area contributed by atoms with Crippen LogP contribution in [0.1, 0.15) is 115 Å². The molecule has 0 radical (unpaired) electrons. The van der Waals surface area contributed by atoms with Gasteiger partial charge in [0.05, 0.1) is 55.5 Å². The minimum atomic E-state index is 0.622. The van der Waals surface area contributed by atoms with Gasteiger partial charge < -0.3 is 28.7 Å². The molecule has 7 rings (SSSR count). The van der Waals surface area contributed by atoms with Gasteiger partial charge in [-0.05, 0) is 110 Å². The maximum absolute atomic E-state index is 6.38. The first kappa shape index (κ1) is 41.8. The predicted molar refractivity (Wildman–Crippen MR) is 239 cm³/mol. The van der Waals surface area contributed by atoms with Crippen LogP contribution in [0.5, 0.6) is 17.2 Å². The Kier molecular flexibility index (Phi) is 15.1. The molecule has 12 heteroatoms. The molecular weight excluding hydrogens is 757 g/mol. The summed E-state index contributed by atoms with van der Waals surface area (Å²) in [6.07, 6.45) is 19.5. The Morgan fingerprint density at radius 1 is 0.383 bits per heavy atom. The molecule has 60 heavy (non-hydrogen) atoms. The van der Waals surface area contributed by atoms with Gasteiger partial charge in [0.2, 0.25) is 0 Å². The molecule has 0 atom stereocenters. The van der Waals surface area contributed by atoms with E-state index in [0.717, 1.165) is 70.3 Å². The van der Waals surface area contributed by atoms with Crippen molar-refractivity contribution in [1.29, 1.82) is 0 Å². The molecule has 4 aromatic rings. The number of benzene rings is 4. The molecule has 0 spiro atoms. The second kappa shape index (κ2) is 21.6. The molecule has 0 saturated carbocycles. The van der Waals surface area contributed by atoms with Crippen molar-refractivity contribution in [2.75, 3.05) is 35.3 Å². The number of hydrogen-bond acceptors (Lipinski definition) is 12. The number of rotatable bonds is 24. The zero-order chi connectivity index (χ0) is 41.4. The Morgan fingerprint density at radius 2 is 0.667 bits per heavy atom. The molecule has 0 fully saturated rings. The molecule has 3 aliphatic heterocycles. The molecule has 0 aliphatic carbocycles. The van der Waals surface area contributed by atoms with Crippen LogP contribution in [-0.4, -0.2) is 19.8 Å². The minimum Gasteiger partial charge on any atom is -0.494 e. The van der Waals surface area contributed by atoms with E-state index in [1.807, 2.05) is 110 Å². The summed E-state index contributed by atoms with van der Waals surface area (Å²) in [5.41, 5.74) is 14.7. The van der Waals surface area contributed by atoms with E-state index in [1.165, 1.54) is 57.8 Å². The van der Waals surface area contributed by atoms with Crippen LogP contribution in [0.4, 0.5) is 17.1 Å². The van der Waals surface area contributed by atoms with Crippen LogP contribution in [0, 0.1) is 0 Å². The number of nitrogens with one attached hydrogen (secondary N) is 3. The summed E-state index contributed by atoms with van der Waals surface area (Å²) in [5.74, 6) is 4.38. The Labute approximate surface area is 355 Å². The highest BCUT2D eigenvalue weighted by atomic mass is 16.7. The van der Waals surface area contributed by atoms with E-state index in [4.69, 9.17) is 28.7 Å². The van der Waals surface area contributed by atoms with Crippen LogP contribution in [-0.2, 0) is 14.5 Å². The predicted octanol–water partition coefficient (Wildman–Crippen LogP) is 11.3. The van der Waals surface area contributed by atoms with E-state index in [0.29, 0.717) is 37.1 Å². The van der Waals surface area contributed by atoms with Crippen LogP contribution in [0.3, 0.4) is 0 Å². The van der Waals surface area contributed by atoms with Gasteiger partial charge in [-0.2, -0.15) is 0 Å². The smallest absolute Gasteiger partial charge is 0.182 e. The third-order valence-corrected chi connectivity index (χ3v) is 10.3. The van der Waals surface area contributed by atoms with Crippen LogP contribution in [0.25, 0.3) is 17.3 Å². The molecule has 318 valence electrons. The zero-order valence-electron chi connectivity index (χ0n) is 35.3. The first-order valence-corrected chi connectivity index (χ1v) is 21.8. The van der Waals surface area contributed by atoms with Gasteiger partial charge in [-0.15, -0.1) is 15.5 Å². The number of hydrazine groups is 3. The van der Waals surface area contributed by atoms with E-state index in [9.17, 15) is 0 Å². The van der Waals surface area contributed by atoms with Crippen molar-refractivity contribution >= 4 is 34.3 Å². The topological polar surface area (TPSA) is 101 Å². The maximum atomic E-state index is 6.38. The van der Waals surface area contributed by atoms with Crippen LogP contribution >= 0.6 is 0 Å². The Hall–Kier alpha value is -6.30. The van der Waals surface area contributed by atoms with Gasteiger partial charge in [0.25, 0.3) is 0 Å². The standard InChI is InChI=1S/C48H60N6O6/c1-4-7-10-13-28-55-43-22-16-40(17-23-43)52-49-34-46(58-52)37-31-38(47-35-50-53(59-47)41-18-24-44(25-19-41)56-29-14-11-8-5-2)33-39(32-37)48-36-51-54(60-48)42-20-26-45(27-21-42)57-30-15-12-9-6-3/h16-27,31-36,49-51H,4-15,28-30H2,1-3H3. The van der Waals surface area contributed by atoms with Gasteiger partial charge in [0.1, 0.15) is 17.2 Å². The highest BCUT2D eigenvalue weighted by Gasteiger charge is 2.26. The second-order valence-corrected chi connectivity index (χ2v) is 15.1. The van der Waals surface area contributed by atoms with Gasteiger partial charge in [0.15, 0.2) is 17.3 Å². The second-order valence-electron chi connectivity index (χ2n) is 15.1. The Bertz CT molecular complexity index is 1790. The third kappa shape index (κ3) is 11.5. The lowest BCUT2D eigenvalue weighted by Crippen LogP contribution is -2.28. The highest BCUT2D eigenvalue weighted by Crippen LogP contribution is 2.35. The molecular formula is C48H60N6O6. The normalized spacial score (nSPS) is 14.2. The number of ether oxygens (including phenoxy) is 3. The monoisotopic (exact) mass is 816 g/mol. The first-order valence-electron chi connectivity index (χ1n) is 21.8. The van der Waals surface area contributed by atoms with Gasteiger partial charge >= 0.3 is 0 Å². The quantitative estimate of drug-likeness (QED) is 0.0587. The first-order chi connectivity index (χ1) is 29.6. The largest absolute Gasteiger partial charge is 0.494 e.